The van der Waals surface area contributed by atoms with Crippen LogP contribution in [0, 0.1) is 23.2 Å². The Bertz CT molecular complexity index is 560. The van der Waals surface area contributed by atoms with Gasteiger partial charge in [-0.3, -0.25) is 4.79 Å². The molecule has 0 aliphatic heterocycles. The third kappa shape index (κ3) is 1.79. The molecular weight excluding hydrogens is 272 g/mol. The summed E-state index contributed by atoms with van der Waals surface area (Å²) >= 11 is 0. The van der Waals surface area contributed by atoms with Crippen molar-refractivity contribution >= 4 is 5.78 Å². The first-order valence-corrected chi connectivity index (χ1v) is 9.07. The van der Waals surface area contributed by atoms with Crippen LogP contribution in [0.1, 0.15) is 64.7 Å². The van der Waals surface area contributed by atoms with E-state index in [1.165, 1.54) is 18.4 Å². The number of fused-ring (bicyclic) bond motifs is 4. The van der Waals surface area contributed by atoms with Crippen LogP contribution in [0.4, 0.5) is 0 Å². The van der Waals surface area contributed by atoms with Crippen LogP contribution in [0.3, 0.4) is 0 Å². The van der Waals surface area contributed by atoms with E-state index in [1.807, 2.05) is 6.08 Å². The second-order valence-electron chi connectivity index (χ2n) is 8.38. The van der Waals surface area contributed by atoms with Gasteiger partial charge in [-0.05, 0) is 62.7 Å². The van der Waals surface area contributed by atoms with E-state index < -0.39 is 5.60 Å². The molecule has 120 valence electrons. The van der Waals surface area contributed by atoms with Gasteiger partial charge in [0.15, 0.2) is 0 Å². The third-order valence-corrected chi connectivity index (χ3v) is 7.75. The maximum absolute atomic E-state index is 11.8. The Morgan fingerprint density at radius 1 is 1.18 bits per heavy atom. The predicted molar refractivity (Wildman–Crippen MR) is 87.3 cm³/mol. The van der Waals surface area contributed by atoms with Gasteiger partial charge in [0, 0.05) is 18.3 Å². The van der Waals surface area contributed by atoms with Gasteiger partial charge >= 0.3 is 0 Å². The number of hydrogen-bond acceptors (Lipinski definition) is 2. The van der Waals surface area contributed by atoms with E-state index in [2.05, 4.69) is 13.5 Å². The fourth-order valence-corrected chi connectivity index (χ4v) is 6.44. The number of carbonyl (C=O) groups is 1. The number of Topliss-reactive ketones (excluding diaryl/α,β-unsaturated/α-hetero) is 1. The highest BCUT2D eigenvalue weighted by Gasteiger charge is 2.60. The quantitative estimate of drug-likeness (QED) is 0.737. The summed E-state index contributed by atoms with van der Waals surface area (Å²) in [5, 5.41) is 11.0. The fourth-order valence-electron chi connectivity index (χ4n) is 6.44. The summed E-state index contributed by atoms with van der Waals surface area (Å²) in [6.07, 6.45) is 11.0. The molecule has 2 nitrogen and oxygen atoms in total. The van der Waals surface area contributed by atoms with Crippen LogP contribution >= 0.6 is 0 Å². The summed E-state index contributed by atoms with van der Waals surface area (Å²) in [5.41, 5.74) is 2.48. The number of hydrogen-bond donors (Lipinski definition) is 1. The van der Waals surface area contributed by atoms with Gasteiger partial charge in [0.05, 0.1) is 5.60 Å². The summed E-state index contributed by atoms with van der Waals surface area (Å²) in [4.78, 5) is 11.8. The summed E-state index contributed by atoms with van der Waals surface area (Å²) < 4.78 is 0. The molecule has 0 bridgehead atoms. The number of carbonyl (C=O) groups excluding carboxylic acids is 1. The Labute approximate surface area is 133 Å². The van der Waals surface area contributed by atoms with Crippen molar-refractivity contribution in [1.29, 1.82) is 0 Å². The highest BCUT2D eigenvalue weighted by Crippen LogP contribution is 2.64. The van der Waals surface area contributed by atoms with E-state index >= 15 is 0 Å². The molecule has 2 saturated carbocycles. The molecule has 0 aromatic rings. The summed E-state index contributed by atoms with van der Waals surface area (Å²) in [6.45, 7) is 6.23. The van der Waals surface area contributed by atoms with Crippen LogP contribution in [0.2, 0.25) is 0 Å². The van der Waals surface area contributed by atoms with E-state index in [9.17, 15) is 9.90 Å². The van der Waals surface area contributed by atoms with Crippen molar-refractivity contribution in [2.75, 3.05) is 0 Å². The van der Waals surface area contributed by atoms with Crippen molar-refractivity contribution in [1.82, 2.24) is 0 Å². The predicted octanol–water partition coefficient (Wildman–Crippen LogP) is 4.19. The first-order chi connectivity index (χ1) is 10.5. The molecule has 22 heavy (non-hydrogen) atoms. The number of rotatable bonds is 1. The monoisotopic (exact) mass is 300 g/mol. The molecule has 2 fully saturated rings. The standard InChI is InChI=1S/C20H28O2/c1-3-20(22)11-9-18-17-6-4-13-12-14(21)5-7-15(13)16(17)8-10-19(18,20)2/h3,16-18,22H,1,4-12H2,2H3/t16-,17-,18+,19+,20+/m1/s1. The van der Waals surface area contributed by atoms with Gasteiger partial charge in [-0.2, -0.15) is 0 Å². The van der Waals surface area contributed by atoms with Gasteiger partial charge in [-0.1, -0.05) is 24.1 Å². The topological polar surface area (TPSA) is 37.3 Å². The first-order valence-electron chi connectivity index (χ1n) is 9.07. The second-order valence-corrected chi connectivity index (χ2v) is 8.38. The minimum absolute atomic E-state index is 0.0124. The fraction of sp³-hybridized carbons (Fsp3) is 0.750. The lowest BCUT2D eigenvalue weighted by Gasteiger charge is -2.53. The molecule has 0 amide bonds. The van der Waals surface area contributed by atoms with Gasteiger partial charge in [0.1, 0.15) is 5.78 Å². The normalized spacial score (nSPS) is 47.7. The van der Waals surface area contributed by atoms with Crippen LogP contribution in [0.5, 0.6) is 0 Å². The lowest BCUT2D eigenvalue weighted by atomic mass is 9.52. The van der Waals surface area contributed by atoms with Crippen molar-refractivity contribution in [3.05, 3.63) is 23.8 Å². The zero-order valence-electron chi connectivity index (χ0n) is 13.7. The number of ketones is 1. The SMILES string of the molecule is C=C[C@]1(O)CC[C@H]2[C@@H]3CCC4=C(CCC(=O)C4)[C@H]3CC[C@@]21C. The average Bonchev–Trinajstić information content (AvgIpc) is 2.79. The zero-order chi connectivity index (χ0) is 15.5. The molecule has 4 aliphatic carbocycles. The molecule has 4 rings (SSSR count). The highest BCUT2D eigenvalue weighted by molar-refractivity contribution is 5.82. The Balaban J connectivity index is 1.67. The van der Waals surface area contributed by atoms with Crippen molar-refractivity contribution < 1.29 is 9.90 Å². The molecular formula is C20H28O2. The van der Waals surface area contributed by atoms with Gasteiger partial charge in [0.25, 0.3) is 0 Å². The van der Waals surface area contributed by atoms with Crippen LogP contribution < -0.4 is 0 Å². The molecule has 0 radical (unpaired) electrons. The Hall–Kier alpha value is -0.890. The highest BCUT2D eigenvalue weighted by atomic mass is 16.3. The van der Waals surface area contributed by atoms with Crippen molar-refractivity contribution in [3.8, 4) is 0 Å². The molecule has 1 N–H and O–H groups in total. The summed E-state index contributed by atoms with van der Waals surface area (Å²) in [5.74, 6) is 2.49. The molecule has 0 saturated heterocycles. The minimum Gasteiger partial charge on any atom is -0.385 e. The third-order valence-electron chi connectivity index (χ3n) is 7.75. The molecule has 2 heteroatoms. The van der Waals surface area contributed by atoms with E-state index in [1.54, 1.807) is 5.57 Å². The van der Waals surface area contributed by atoms with Gasteiger partial charge in [0.2, 0.25) is 0 Å². The summed E-state index contributed by atoms with van der Waals surface area (Å²) in [7, 11) is 0. The number of allylic oxidation sites excluding steroid dienone is 2. The lowest BCUT2D eigenvalue weighted by molar-refractivity contribution is -0.119. The number of aliphatic hydroxyl groups is 1. The van der Waals surface area contributed by atoms with E-state index in [4.69, 9.17) is 0 Å². The van der Waals surface area contributed by atoms with Crippen molar-refractivity contribution in [3.63, 3.8) is 0 Å². The summed E-state index contributed by atoms with van der Waals surface area (Å²) in [6, 6.07) is 0. The molecule has 5 atom stereocenters. The molecule has 4 aliphatic rings. The van der Waals surface area contributed by atoms with Gasteiger partial charge < -0.3 is 5.11 Å². The van der Waals surface area contributed by atoms with Crippen molar-refractivity contribution in [2.24, 2.45) is 23.2 Å². The Morgan fingerprint density at radius 2 is 2.00 bits per heavy atom. The van der Waals surface area contributed by atoms with Gasteiger partial charge in [-0.25, -0.2) is 0 Å². The van der Waals surface area contributed by atoms with Crippen LogP contribution in [-0.4, -0.2) is 16.5 Å². The van der Waals surface area contributed by atoms with Crippen LogP contribution in [-0.2, 0) is 4.79 Å². The smallest absolute Gasteiger partial charge is 0.137 e. The molecule has 0 unspecified atom stereocenters. The maximum Gasteiger partial charge on any atom is 0.137 e. The van der Waals surface area contributed by atoms with E-state index in [0.717, 1.165) is 50.9 Å². The minimum atomic E-state index is -0.667. The molecule has 0 aromatic carbocycles. The molecule has 0 aromatic heterocycles. The average molecular weight is 300 g/mol. The molecule has 0 spiro atoms. The molecule has 0 heterocycles. The van der Waals surface area contributed by atoms with E-state index in [0.29, 0.717) is 17.6 Å². The Kier molecular flexibility index (Phi) is 3.21. The van der Waals surface area contributed by atoms with Crippen molar-refractivity contribution in [2.45, 2.75) is 70.3 Å². The maximum atomic E-state index is 11.8. The lowest BCUT2D eigenvalue weighted by Crippen LogP contribution is -2.50. The first kappa shape index (κ1) is 14.7. The zero-order valence-corrected chi connectivity index (χ0v) is 13.7. The van der Waals surface area contributed by atoms with Crippen LogP contribution in [0.15, 0.2) is 23.8 Å². The van der Waals surface area contributed by atoms with Crippen LogP contribution in [0.25, 0.3) is 0 Å². The van der Waals surface area contributed by atoms with E-state index in [-0.39, 0.29) is 5.41 Å². The Morgan fingerprint density at radius 3 is 2.77 bits per heavy atom. The van der Waals surface area contributed by atoms with Gasteiger partial charge in [-0.15, -0.1) is 6.58 Å². The second kappa shape index (κ2) is 4.80. The largest absolute Gasteiger partial charge is 0.385 e.